The lowest BCUT2D eigenvalue weighted by Crippen LogP contribution is -2.15. The average Bonchev–Trinajstić information content (AvgIpc) is 2.40. The van der Waals surface area contributed by atoms with Crippen LogP contribution in [0.3, 0.4) is 0 Å². The third-order valence-corrected chi connectivity index (χ3v) is 2.32. The highest BCUT2D eigenvalue weighted by Crippen LogP contribution is 2.26. The first-order chi connectivity index (χ1) is 6.22. The summed E-state index contributed by atoms with van der Waals surface area (Å²) in [5, 5.41) is 6.09. The maximum absolute atomic E-state index is 11.2. The molecule has 1 amide bonds. The molecule has 0 saturated heterocycles. The monoisotopic (exact) mass is 239 g/mol. The molecule has 0 spiro atoms. The molecule has 13 heavy (non-hydrogen) atoms. The van der Waals surface area contributed by atoms with Crippen molar-refractivity contribution in [1.82, 2.24) is 0 Å². The smallest absolute Gasteiger partial charge is 0.276 e. The molecule has 66 valence electrons. The summed E-state index contributed by atoms with van der Waals surface area (Å²) in [5.74, 6) is 4.85. The van der Waals surface area contributed by atoms with E-state index >= 15 is 0 Å². The maximum Gasteiger partial charge on any atom is 0.276 e. The van der Waals surface area contributed by atoms with E-state index in [1.165, 1.54) is 0 Å². The van der Waals surface area contributed by atoms with Crippen LogP contribution in [0.25, 0.3) is 0 Å². The molecule has 1 aromatic rings. The van der Waals surface area contributed by atoms with E-state index in [1.807, 2.05) is 6.07 Å². The summed E-state index contributed by atoms with van der Waals surface area (Å²) in [6.07, 6.45) is 0. The number of benzene rings is 1. The topological polar surface area (TPSA) is 67.5 Å². The molecule has 0 aromatic heterocycles. The molecule has 0 unspecified atom stereocenters. The van der Waals surface area contributed by atoms with Gasteiger partial charge in [-0.25, -0.2) is 0 Å². The van der Waals surface area contributed by atoms with Gasteiger partial charge in [-0.3, -0.25) is 4.79 Å². The van der Waals surface area contributed by atoms with E-state index < -0.39 is 0 Å². The number of carbonyl (C=O) groups excluding carboxylic acids is 1. The van der Waals surface area contributed by atoms with Gasteiger partial charge in [-0.1, -0.05) is 15.9 Å². The first-order valence-electron chi connectivity index (χ1n) is 3.61. The van der Waals surface area contributed by atoms with Crippen molar-refractivity contribution < 1.29 is 4.79 Å². The van der Waals surface area contributed by atoms with Crippen LogP contribution in [0.2, 0.25) is 0 Å². The Hall–Kier alpha value is -1.36. The Kier molecular flexibility index (Phi) is 1.81. The molecule has 4 nitrogen and oxygen atoms in total. The molecule has 0 bridgehead atoms. The lowest BCUT2D eigenvalue weighted by atomic mass is 10.1. The lowest BCUT2D eigenvalue weighted by Gasteiger charge is -1.96. The zero-order valence-corrected chi connectivity index (χ0v) is 8.13. The molecule has 1 aliphatic heterocycles. The fourth-order valence-corrected chi connectivity index (χ4v) is 1.61. The SMILES string of the molecule is N/N=C1\C(=O)Nc2ccc(Br)cc21. The van der Waals surface area contributed by atoms with Crippen molar-refractivity contribution in [3.05, 3.63) is 28.2 Å². The predicted octanol–water partition coefficient (Wildman–Crippen LogP) is 1.06. The molecule has 2 rings (SSSR count). The summed E-state index contributed by atoms with van der Waals surface area (Å²) < 4.78 is 0.893. The van der Waals surface area contributed by atoms with Gasteiger partial charge in [0.1, 0.15) is 0 Å². The standard InChI is InChI=1S/C8H6BrN3O/c9-4-1-2-6-5(3-4)7(12-10)8(13)11-6/h1-3H,10H2,(H,11,12,13). The van der Waals surface area contributed by atoms with Crippen molar-refractivity contribution in [2.24, 2.45) is 10.9 Å². The number of nitrogens with two attached hydrogens (primary N) is 1. The van der Waals surface area contributed by atoms with E-state index in [-0.39, 0.29) is 11.6 Å². The first kappa shape index (κ1) is 8.25. The molecule has 0 saturated carbocycles. The summed E-state index contributed by atoms with van der Waals surface area (Å²) in [5.41, 5.74) is 1.76. The summed E-state index contributed by atoms with van der Waals surface area (Å²) in [6.45, 7) is 0. The second kappa shape index (κ2) is 2.85. The highest BCUT2D eigenvalue weighted by Gasteiger charge is 2.25. The van der Waals surface area contributed by atoms with Gasteiger partial charge in [0.15, 0.2) is 5.71 Å². The molecule has 1 aliphatic rings. The van der Waals surface area contributed by atoms with Gasteiger partial charge in [-0.05, 0) is 18.2 Å². The number of carbonyl (C=O) groups is 1. The summed E-state index contributed by atoms with van der Waals surface area (Å²) in [7, 11) is 0. The zero-order chi connectivity index (χ0) is 9.42. The van der Waals surface area contributed by atoms with Gasteiger partial charge < -0.3 is 11.2 Å². The largest absolute Gasteiger partial charge is 0.322 e. The number of rotatable bonds is 0. The fraction of sp³-hybridized carbons (Fsp3) is 0. The van der Waals surface area contributed by atoms with Crippen molar-refractivity contribution in [3.8, 4) is 0 Å². The van der Waals surface area contributed by atoms with Gasteiger partial charge >= 0.3 is 0 Å². The van der Waals surface area contributed by atoms with Crippen LogP contribution in [0, 0.1) is 0 Å². The van der Waals surface area contributed by atoms with Crippen LogP contribution in [0.5, 0.6) is 0 Å². The second-order valence-corrected chi connectivity index (χ2v) is 3.54. The van der Waals surface area contributed by atoms with Gasteiger partial charge in [0, 0.05) is 10.0 Å². The fourth-order valence-electron chi connectivity index (χ4n) is 1.25. The Morgan fingerprint density at radius 2 is 2.23 bits per heavy atom. The zero-order valence-electron chi connectivity index (χ0n) is 6.54. The summed E-state index contributed by atoms with van der Waals surface area (Å²) in [4.78, 5) is 11.2. The van der Waals surface area contributed by atoms with Crippen molar-refractivity contribution in [2.45, 2.75) is 0 Å². The van der Waals surface area contributed by atoms with Crippen LogP contribution in [0.1, 0.15) is 5.56 Å². The Morgan fingerprint density at radius 3 is 2.92 bits per heavy atom. The summed E-state index contributed by atoms with van der Waals surface area (Å²) in [6, 6.07) is 5.45. The van der Waals surface area contributed by atoms with Crippen LogP contribution in [-0.4, -0.2) is 11.6 Å². The van der Waals surface area contributed by atoms with Crippen molar-refractivity contribution in [2.75, 3.05) is 5.32 Å². The molecule has 3 N–H and O–H groups in total. The number of halogens is 1. The first-order valence-corrected chi connectivity index (χ1v) is 4.41. The van der Waals surface area contributed by atoms with E-state index in [4.69, 9.17) is 5.84 Å². The third kappa shape index (κ3) is 1.21. The third-order valence-electron chi connectivity index (χ3n) is 1.83. The quantitative estimate of drug-likeness (QED) is 0.526. The van der Waals surface area contributed by atoms with Gasteiger partial charge in [-0.2, -0.15) is 5.10 Å². The van der Waals surface area contributed by atoms with Crippen LogP contribution in [-0.2, 0) is 4.79 Å². The highest BCUT2D eigenvalue weighted by atomic mass is 79.9. The minimum atomic E-state index is -0.254. The Labute approximate surface area is 82.9 Å². The molecule has 1 heterocycles. The average molecular weight is 240 g/mol. The molecule has 1 aromatic carbocycles. The number of fused-ring (bicyclic) bond motifs is 1. The van der Waals surface area contributed by atoms with Crippen LogP contribution in [0.4, 0.5) is 5.69 Å². The highest BCUT2D eigenvalue weighted by molar-refractivity contribution is 9.10. The second-order valence-electron chi connectivity index (χ2n) is 2.62. The molecule has 5 heteroatoms. The van der Waals surface area contributed by atoms with Crippen molar-refractivity contribution >= 4 is 33.2 Å². The van der Waals surface area contributed by atoms with Crippen LogP contribution in [0.15, 0.2) is 27.8 Å². The van der Waals surface area contributed by atoms with Crippen molar-refractivity contribution in [1.29, 1.82) is 0 Å². The minimum Gasteiger partial charge on any atom is -0.322 e. The van der Waals surface area contributed by atoms with E-state index in [2.05, 4.69) is 26.3 Å². The number of hydrazone groups is 1. The van der Waals surface area contributed by atoms with E-state index in [1.54, 1.807) is 12.1 Å². The van der Waals surface area contributed by atoms with Gasteiger partial charge in [-0.15, -0.1) is 0 Å². The number of hydrogen-bond donors (Lipinski definition) is 2. The number of amides is 1. The van der Waals surface area contributed by atoms with Gasteiger partial charge in [0.2, 0.25) is 0 Å². The van der Waals surface area contributed by atoms with Crippen molar-refractivity contribution in [3.63, 3.8) is 0 Å². The number of hydrogen-bond acceptors (Lipinski definition) is 3. The Morgan fingerprint density at radius 1 is 1.46 bits per heavy atom. The molecule has 0 aliphatic carbocycles. The molecular formula is C8H6BrN3O. The maximum atomic E-state index is 11.2. The van der Waals surface area contributed by atoms with Crippen LogP contribution < -0.4 is 11.2 Å². The molecule has 0 atom stereocenters. The predicted molar refractivity (Wildman–Crippen MR) is 53.5 cm³/mol. The summed E-state index contributed by atoms with van der Waals surface area (Å²) >= 11 is 3.31. The number of nitrogens with zero attached hydrogens (tertiary/aromatic N) is 1. The molecule has 0 radical (unpaired) electrons. The Bertz CT molecular complexity index is 414. The van der Waals surface area contributed by atoms with E-state index in [9.17, 15) is 4.79 Å². The van der Waals surface area contributed by atoms with Gasteiger partial charge in [0.25, 0.3) is 5.91 Å². The van der Waals surface area contributed by atoms with E-state index in [0.29, 0.717) is 0 Å². The minimum absolute atomic E-state index is 0.254. The molecule has 0 fully saturated rings. The van der Waals surface area contributed by atoms with Gasteiger partial charge in [0.05, 0.1) is 5.69 Å². The normalized spacial score (nSPS) is 17.3. The van der Waals surface area contributed by atoms with Crippen LogP contribution >= 0.6 is 15.9 Å². The lowest BCUT2D eigenvalue weighted by molar-refractivity contribution is -0.110. The Balaban J connectivity index is 2.63. The number of anilines is 1. The number of nitrogens with one attached hydrogen (secondary N) is 1. The van der Waals surface area contributed by atoms with E-state index in [0.717, 1.165) is 15.7 Å². The molecular weight excluding hydrogens is 234 g/mol.